The van der Waals surface area contributed by atoms with Crippen molar-refractivity contribution in [2.75, 3.05) is 0 Å². The zero-order valence-electron chi connectivity index (χ0n) is 21.8. The quantitative estimate of drug-likeness (QED) is 0.0514. The van der Waals surface area contributed by atoms with Gasteiger partial charge in [0.1, 0.15) is 16.3 Å². The third-order valence-electron chi connectivity index (χ3n) is 5.76. The lowest BCUT2D eigenvalue weighted by Crippen LogP contribution is -2.11. The molecule has 0 aliphatic heterocycles. The Morgan fingerprint density at radius 1 is 0.864 bits per heavy atom. The number of ketones is 1. The van der Waals surface area contributed by atoms with E-state index >= 15 is 0 Å². The number of azo groups is 1. The molecule has 0 aromatic heterocycles. The van der Waals surface area contributed by atoms with Crippen LogP contribution in [0.2, 0.25) is 5.02 Å². The van der Waals surface area contributed by atoms with Crippen LogP contribution >= 0.6 is 19.2 Å². The van der Waals surface area contributed by atoms with E-state index in [4.69, 9.17) is 11.6 Å². The first-order valence-corrected chi connectivity index (χ1v) is 16.5. The summed E-state index contributed by atoms with van der Waals surface area (Å²) in [4.78, 5) is 28.1. The van der Waals surface area contributed by atoms with E-state index in [1.54, 1.807) is 0 Å². The third-order valence-corrected chi connectivity index (χ3v) is 9.16. The highest BCUT2D eigenvalue weighted by atomic mass is 35.5. The summed E-state index contributed by atoms with van der Waals surface area (Å²) in [7, 11) is -15.7. The monoisotopic (exact) mass is 684 g/mol. The van der Waals surface area contributed by atoms with E-state index in [0.717, 1.165) is 24.3 Å². The van der Waals surface area contributed by atoms with Crippen molar-refractivity contribution in [2.24, 2.45) is 20.6 Å². The summed E-state index contributed by atoms with van der Waals surface area (Å²) in [5.41, 5.74) is -0.879. The molecule has 0 unspecified atom stereocenters. The Morgan fingerprint density at radius 3 is 2.14 bits per heavy atom. The molecule has 0 aliphatic rings. The number of carbonyl (C=O) groups is 1. The number of hydrogen-bond acceptors (Lipinski definition) is 13. The van der Waals surface area contributed by atoms with Crippen LogP contribution < -0.4 is 5.30 Å². The molecule has 4 aromatic rings. The maximum absolute atomic E-state index is 13.1. The van der Waals surface area contributed by atoms with Gasteiger partial charge in [0.25, 0.3) is 10.1 Å². The zero-order valence-corrected chi connectivity index (χ0v) is 25.1. The van der Waals surface area contributed by atoms with Crippen LogP contribution in [0.3, 0.4) is 0 Å². The molecular weight excluding hydrogens is 667 g/mol. The van der Waals surface area contributed by atoms with E-state index < -0.39 is 71.3 Å². The first-order valence-electron chi connectivity index (χ1n) is 11.6. The fraction of sp³-hybridized carbons (Fsp3) is 0.0417. The number of rotatable bonds is 9. The van der Waals surface area contributed by atoms with E-state index in [1.807, 2.05) is 0 Å². The number of nitrogens with zero attached hydrogens (tertiary/aromatic N) is 4. The highest BCUT2D eigenvalue weighted by molar-refractivity contribution is 7.89. The van der Waals surface area contributed by atoms with Crippen molar-refractivity contribution in [1.29, 1.82) is 0 Å². The number of aromatic hydroxyl groups is 2. The van der Waals surface area contributed by atoms with Crippen molar-refractivity contribution < 1.29 is 55.0 Å². The van der Waals surface area contributed by atoms with Gasteiger partial charge in [0, 0.05) is 15.9 Å². The second-order valence-corrected chi connectivity index (χ2v) is 13.6. The lowest BCUT2D eigenvalue weighted by Gasteiger charge is -2.13. The molecule has 0 fully saturated rings. The van der Waals surface area contributed by atoms with Crippen LogP contribution in [0.5, 0.6) is 11.5 Å². The van der Waals surface area contributed by atoms with Crippen molar-refractivity contribution in [3.05, 3.63) is 71.2 Å². The first kappa shape index (κ1) is 32.6. The van der Waals surface area contributed by atoms with Crippen molar-refractivity contribution in [2.45, 2.75) is 16.7 Å². The summed E-state index contributed by atoms with van der Waals surface area (Å²) >= 11 is 5.80. The molecule has 5 N–H and O–H groups in total. The molecule has 16 nitrogen and oxygen atoms in total. The van der Waals surface area contributed by atoms with Crippen LogP contribution in [-0.2, 0) is 29.1 Å². The molecule has 0 saturated carbocycles. The summed E-state index contributed by atoms with van der Waals surface area (Å²) in [6.45, 7) is 1.21. The maximum atomic E-state index is 13.1. The predicted octanol–water partition coefficient (Wildman–Crippen LogP) is 4.98. The summed E-state index contributed by atoms with van der Waals surface area (Å²) in [5, 5.41) is 34.1. The van der Waals surface area contributed by atoms with Gasteiger partial charge in [0.05, 0.1) is 16.4 Å². The van der Waals surface area contributed by atoms with Gasteiger partial charge >= 0.3 is 17.7 Å². The molecule has 0 atom stereocenters. The van der Waals surface area contributed by atoms with Crippen LogP contribution in [0.15, 0.2) is 91.1 Å². The number of carbonyl (C=O) groups excluding carboxylic acids is 1. The van der Waals surface area contributed by atoms with E-state index in [2.05, 4.69) is 24.9 Å². The Labute approximate surface area is 252 Å². The van der Waals surface area contributed by atoms with Gasteiger partial charge in [0.2, 0.25) is 0 Å². The Hall–Kier alpha value is -4.29. The highest BCUT2D eigenvalue weighted by Gasteiger charge is 2.34. The molecule has 0 heterocycles. The van der Waals surface area contributed by atoms with Gasteiger partial charge in [-0.2, -0.15) is 16.8 Å². The van der Waals surface area contributed by atoms with Crippen LogP contribution in [0.4, 0.5) is 17.1 Å². The van der Waals surface area contributed by atoms with Crippen molar-refractivity contribution >= 4 is 78.4 Å². The smallest absolute Gasteiger partial charge is 0.365 e. The lowest BCUT2D eigenvalue weighted by atomic mass is 10.1. The summed E-state index contributed by atoms with van der Waals surface area (Å²) in [6.07, 6.45) is 0. The zero-order chi connectivity index (χ0) is 32.6. The third kappa shape index (κ3) is 6.76. The van der Waals surface area contributed by atoms with Crippen LogP contribution in [0.25, 0.3) is 10.8 Å². The minimum absolute atomic E-state index is 0.0195. The highest BCUT2D eigenvalue weighted by Crippen LogP contribution is 2.46. The van der Waals surface area contributed by atoms with Gasteiger partial charge in [-0.1, -0.05) is 29.8 Å². The first-order chi connectivity index (χ1) is 20.4. The molecule has 4 aromatic carbocycles. The molecule has 230 valence electrons. The average molecular weight is 685 g/mol. The average Bonchev–Trinajstić information content (AvgIpc) is 2.91. The van der Waals surface area contributed by atoms with Gasteiger partial charge < -0.3 is 20.0 Å². The van der Waals surface area contributed by atoms with Gasteiger partial charge in [-0.25, -0.2) is 4.28 Å². The number of phenolic OH excluding ortho intramolecular Hbond substituents is 2. The number of hydrogen-bond donors (Lipinski definition) is 5. The minimum atomic E-state index is -5.41. The number of Topliss-reactive ketones (excluding diaryl/α,β-unsaturated/α-hetero) is 1. The molecule has 20 heteroatoms. The van der Waals surface area contributed by atoms with Gasteiger partial charge in [-0.3, -0.25) is 13.9 Å². The Morgan fingerprint density at radius 2 is 1.50 bits per heavy atom. The summed E-state index contributed by atoms with van der Waals surface area (Å²) in [6, 6.07) is 11.7. The number of benzene rings is 4. The number of halogens is 1. The fourth-order valence-electron chi connectivity index (χ4n) is 3.84. The van der Waals surface area contributed by atoms with Crippen LogP contribution in [0.1, 0.15) is 17.3 Å². The van der Waals surface area contributed by atoms with Gasteiger partial charge in [0.15, 0.2) is 22.2 Å². The normalized spacial score (nSPS) is 12.8. The summed E-state index contributed by atoms with van der Waals surface area (Å²) in [5.74, 6) is -2.81. The van der Waals surface area contributed by atoms with E-state index in [-0.39, 0.29) is 27.3 Å². The second-order valence-electron chi connectivity index (χ2n) is 8.72. The standard InChI is InChI=1S/C24H18ClN4O12PS2/c1-12(30)15-4-2-3-5-16(15)28-29-41-44(39,40)24-20(43(36,37)38)10-13-6-8-18(22(31)21(13)23(24)32)27-26-17-9-7-14(25)11-19(17)42(33,34)35/h2-11,31-32H,1H3,(H2,33,34,35)(H,36,37,38). The lowest BCUT2D eigenvalue weighted by molar-refractivity contribution is 0.101. The van der Waals surface area contributed by atoms with Gasteiger partial charge in [-0.15, -0.1) is 15.3 Å². The van der Waals surface area contributed by atoms with Crippen molar-refractivity contribution in [3.8, 4) is 11.5 Å². The molecule has 0 amide bonds. The second kappa shape index (κ2) is 12.0. The number of fused-ring (bicyclic) bond motifs is 1. The largest absolute Gasteiger partial charge is 0.506 e. The number of phenols is 2. The molecular formula is C24H18ClN4O12PS2. The SMILES string of the molecule is CC(=O)c1ccccc1N=NOS(=O)(=O)c1c(S(=O)(=O)O)cc2ccc(N=Nc3ccc(Cl)cc3P(=O)(O)O)c(O)c2c1O. The minimum Gasteiger partial charge on any atom is -0.506 e. The Bertz CT molecular complexity index is 2170. The molecule has 0 radical (unpaired) electrons. The topological polar surface area (TPSA) is 262 Å². The predicted molar refractivity (Wildman–Crippen MR) is 154 cm³/mol. The fourth-order valence-corrected chi connectivity index (χ4v) is 6.88. The van der Waals surface area contributed by atoms with Gasteiger partial charge in [-0.05, 0) is 54.8 Å². The molecule has 0 bridgehead atoms. The Kier molecular flexibility index (Phi) is 8.90. The van der Waals surface area contributed by atoms with Crippen molar-refractivity contribution in [1.82, 2.24) is 0 Å². The van der Waals surface area contributed by atoms with E-state index in [9.17, 15) is 50.7 Å². The van der Waals surface area contributed by atoms with E-state index in [1.165, 1.54) is 37.3 Å². The maximum Gasteiger partial charge on any atom is 0.365 e. The molecule has 0 aliphatic carbocycles. The molecule has 0 spiro atoms. The molecule has 44 heavy (non-hydrogen) atoms. The van der Waals surface area contributed by atoms with E-state index in [0.29, 0.717) is 6.07 Å². The van der Waals surface area contributed by atoms with Crippen LogP contribution in [0, 0.1) is 0 Å². The van der Waals surface area contributed by atoms with Crippen molar-refractivity contribution in [3.63, 3.8) is 0 Å². The Balaban J connectivity index is 1.85. The summed E-state index contributed by atoms with van der Waals surface area (Å²) < 4.78 is 76.4. The molecule has 4 rings (SSSR count). The van der Waals surface area contributed by atoms with Crippen LogP contribution in [-0.4, -0.2) is 47.2 Å². The molecule has 0 saturated heterocycles.